The third-order valence-electron chi connectivity index (χ3n) is 3.71. The Morgan fingerprint density at radius 3 is 2.56 bits per heavy atom. The molecule has 6 nitrogen and oxygen atoms in total. The zero-order chi connectivity index (χ0) is 17.8. The Morgan fingerprint density at radius 2 is 1.88 bits per heavy atom. The summed E-state index contributed by atoms with van der Waals surface area (Å²) in [6.07, 6.45) is 4.62. The van der Waals surface area contributed by atoms with E-state index in [4.69, 9.17) is 0 Å². The normalized spacial score (nSPS) is 12.0. The minimum absolute atomic E-state index is 0.0673. The van der Waals surface area contributed by atoms with Crippen molar-refractivity contribution in [1.82, 2.24) is 25.3 Å². The molecule has 0 aliphatic heterocycles. The Kier molecular flexibility index (Phi) is 4.78. The van der Waals surface area contributed by atoms with E-state index >= 15 is 0 Å². The van der Waals surface area contributed by atoms with Gasteiger partial charge in [-0.3, -0.25) is 9.78 Å². The van der Waals surface area contributed by atoms with E-state index in [1.54, 1.807) is 24.5 Å². The molecule has 0 saturated carbocycles. The first-order valence-electron chi connectivity index (χ1n) is 7.58. The van der Waals surface area contributed by atoms with Gasteiger partial charge in [0, 0.05) is 18.0 Å². The van der Waals surface area contributed by atoms with Crippen LogP contribution in [0.3, 0.4) is 0 Å². The number of hydrogen-bond donors (Lipinski definition) is 1. The van der Waals surface area contributed by atoms with Gasteiger partial charge in [0.25, 0.3) is 5.91 Å². The lowest BCUT2D eigenvalue weighted by Crippen LogP contribution is -2.27. The quantitative estimate of drug-likeness (QED) is 0.772. The lowest BCUT2D eigenvalue weighted by Gasteiger charge is -2.12. The summed E-state index contributed by atoms with van der Waals surface area (Å²) in [6, 6.07) is 6.96. The van der Waals surface area contributed by atoms with Crippen molar-refractivity contribution in [3.05, 3.63) is 77.4 Å². The molecule has 0 saturated heterocycles. The van der Waals surface area contributed by atoms with Crippen LogP contribution in [0.25, 0.3) is 0 Å². The van der Waals surface area contributed by atoms with Crippen LogP contribution in [-0.2, 0) is 6.54 Å². The van der Waals surface area contributed by atoms with E-state index in [0.717, 1.165) is 5.56 Å². The van der Waals surface area contributed by atoms with Gasteiger partial charge in [0.15, 0.2) is 5.69 Å². The number of amides is 1. The lowest BCUT2D eigenvalue weighted by atomic mass is 10.1. The lowest BCUT2D eigenvalue weighted by molar-refractivity contribution is 0.0934. The molecule has 0 aliphatic rings. The molecule has 0 unspecified atom stereocenters. The van der Waals surface area contributed by atoms with Crippen LogP contribution < -0.4 is 5.32 Å². The molecule has 1 aromatic carbocycles. The molecule has 1 N–H and O–H groups in total. The summed E-state index contributed by atoms with van der Waals surface area (Å²) in [6.45, 7) is 1.67. The van der Waals surface area contributed by atoms with Crippen molar-refractivity contribution in [2.75, 3.05) is 0 Å². The summed E-state index contributed by atoms with van der Waals surface area (Å²) in [5.41, 5.74) is 0.825. The highest BCUT2D eigenvalue weighted by atomic mass is 19.1. The van der Waals surface area contributed by atoms with Crippen molar-refractivity contribution in [3.63, 3.8) is 0 Å². The number of carbonyl (C=O) groups is 1. The second-order valence-electron chi connectivity index (χ2n) is 5.48. The van der Waals surface area contributed by atoms with Crippen LogP contribution >= 0.6 is 0 Å². The molecular formula is C17H15F2N5O. The predicted molar refractivity (Wildman–Crippen MR) is 85.6 cm³/mol. The number of aromatic nitrogens is 4. The molecular weight excluding hydrogens is 328 g/mol. The summed E-state index contributed by atoms with van der Waals surface area (Å²) >= 11 is 0. The Balaban J connectivity index is 1.70. The fourth-order valence-corrected chi connectivity index (χ4v) is 2.33. The molecule has 0 spiro atoms. The molecule has 2 heterocycles. The third-order valence-corrected chi connectivity index (χ3v) is 3.71. The zero-order valence-electron chi connectivity index (χ0n) is 13.4. The standard InChI is InChI=1S/C17H15F2N5O/c1-11(12-5-7-20-8-6-12)21-17(25)16-10-24(23-22-16)9-13-14(18)3-2-4-15(13)19/h2-8,10-11H,9H2,1H3,(H,21,25)/t11-/m0/s1. The topological polar surface area (TPSA) is 72.7 Å². The van der Waals surface area contributed by atoms with Gasteiger partial charge in [-0.2, -0.15) is 0 Å². The SMILES string of the molecule is C[C@H](NC(=O)c1cn(Cc2c(F)cccc2F)nn1)c1ccncc1. The first kappa shape index (κ1) is 16.7. The zero-order valence-corrected chi connectivity index (χ0v) is 13.4. The van der Waals surface area contributed by atoms with Gasteiger partial charge in [0.2, 0.25) is 0 Å². The van der Waals surface area contributed by atoms with E-state index in [9.17, 15) is 13.6 Å². The fourth-order valence-electron chi connectivity index (χ4n) is 2.33. The molecule has 0 fully saturated rings. The highest BCUT2D eigenvalue weighted by Gasteiger charge is 2.16. The van der Waals surface area contributed by atoms with E-state index in [0.29, 0.717) is 0 Å². The summed E-state index contributed by atoms with van der Waals surface area (Å²) in [5, 5.41) is 10.3. The van der Waals surface area contributed by atoms with Gasteiger partial charge in [-0.1, -0.05) is 11.3 Å². The highest BCUT2D eigenvalue weighted by molar-refractivity contribution is 5.92. The average Bonchev–Trinajstić information content (AvgIpc) is 3.08. The maximum atomic E-state index is 13.7. The number of hydrogen-bond acceptors (Lipinski definition) is 4. The molecule has 2 aromatic heterocycles. The van der Waals surface area contributed by atoms with E-state index in [1.807, 2.05) is 6.92 Å². The Bertz CT molecular complexity index is 862. The van der Waals surface area contributed by atoms with Crippen LogP contribution in [0, 0.1) is 11.6 Å². The van der Waals surface area contributed by atoms with Crippen LogP contribution in [0.15, 0.2) is 48.9 Å². The van der Waals surface area contributed by atoms with Crippen molar-refractivity contribution in [1.29, 1.82) is 0 Å². The van der Waals surface area contributed by atoms with E-state index in [2.05, 4.69) is 20.6 Å². The highest BCUT2D eigenvalue weighted by Crippen LogP contribution is 2.14. The molecule has 8 heteroatoms. The van der Waals surface area contributed by atoms with Crippen LogP contribution in [0.4, 0.5) is 8.78 Å². The number of nitrogens with zero attached hydrogens (tertiary/aromatic N) is 4. The van der Waals surface area contributed by atoms with Gasteiger partial charge >= 0.3 is 0 Å². The van der Waals surface area contributed by atoms with Crippen LogP contribution in [0.5, 0.6) is 0 Å². The number of benzene rings is 1. The van der Waals surface area contributed by atoms with Crippen molar-refractivity contribution in [2.45, 2.75) is 19.5 Å². The second kappa shape index (κ2) is 7.16. The summed E-state index contributed by atoms with van der Waals surface area (Å²) in [7, 11) is 0. The molecule has 0 bridgehead atoms. The largest absolute Gasteiger partial charge is 0.344 e. The van der Waals surface area contributed by atoms with E-state index < -0.39 is 17.5 Å². The predicted octanol–water partition coefficient (Wildman–Crippen LogP) is 2.49. The summed E-state index contributed by atoms with van der Waals surface area (Å²) in [4.78, 5) is 16.2. The van der Waals surface area contributed by atoms with Crippen molar-refractivity contribution >= 4 is 5.91 Å². The van der Waals surface area contributed by atoms with Crippen LogP contribution in [0.2, 0.25) is 0 Å². The Labute approximate surface area is 142 Å². The first-order chi connectivity index (χ1) is 12.0. The van der Waals surface area contributed by atoms with Gasteiger partial charge < -0.3 is 5.32 Å². The average molecular weight is 343 g/mol. The van der Waals surface area contributed by atoms with Crippen LogP contribution in [0.1, 0.15) is 34.6 Å². The van der Waals surface area contributed by atoms with Crippen molar-refractivity contribution in [2.24, 2.45) is 0 Å². The first-order valence-corrected chi connectivity index (χ1v) is 7.58. The maximum absolute atomic E-state index is 13.7. The third kappa shape index (κ3) is 3.85. The van der Waals surface area contributed by atoms with Gasteiger partial charge in [0.05, 0.1) is 18.8 Å². The second-order valence-corrected chi connectivity index (χ2v) is 5.48. The maximum Gasteiger partial charge on any atom is 0.273 e. The smallest absolute Gasteiger partial charge is 0.273 e. The van der Waals surface area contributed by atoms with Gasteiger partial charge in [0.1, 0.15) is 11.6 Å². The number of nitrogens with one attached hydrogen (secondary N) is 1. The summed E-state index contributed by atoms with van der Waals surface area (Å²) < 4.78 is 28.6. The fraction of sp³-hybridized carbons (Fsp3) is 0.176. The van der Waals surface area contributed by atoms with Crippen molar-refractivity contribution in [3.8, 4) is 0 Å². The van der Waals surface area contributed by atoms with E-state index in [-0.39, 0.29) is 23.8 Å². The number of carbonyl (C=O) groups excluding carboxylic acids is 1. The van der Waals surface area contributed by atoms with Gasteiger partial charge in [-0.05, 0) is 36.8 Å². The molecule has 3 aromatic rings. The molecule has 1 amide bonds. The molecule has 0 radical (unpaired) electrons. The Morgan fingerprint density at radius 1 is 1.20 bits per heavy atom. The molecule has 128 valence electrons. The monoisotopic (exact) mass is 343 g/mol. The minimum atomic E-state index is -0.673. The molecule has 1 atom stereocenters. The summed E-state index contributed by atoms with van der Waals surface area (Å²) in [5.74, 6) is -1.77. The molecule has 25 heavy (non-hydrogen) atoms. The Hall–Kier alpha value is -3.16. The molecule has 0 aliphatic carbocycles. The number of rotatable bonds is 5. The van der Waals surface area contributed by atoms with Gasteiger partial charge in [-0.15, -0.1) is 5.10 Å². The number of pyridine rings is 1. The van der Waals surface area contributed by atoms with Crippen LogP contribution in [-0.4, -0.2) is 25.9 Å². The van der Waals surface area contributed by atoms with E-state index in [1.165, 1.54) is 29.1 Å². The number of halogens is 2. The van der Waals surface area contributed by atoms with Gasteiger partial charge in [-0.25, -0.2) is 13.5 Å². The molecule has 3 rings (SSSR count). The minimum Gasteiger partial charge on any atom is -0.344 e. The van der Waals surface area contributed by atoms with Crippen molar-refractivity contribution < 1.29 is 13.6 Å².